The van der Waals surface area contributed by atoms with Crippen molar-refractivity contribution in [1.29, 1.82) is 0 Å². The van der Waals surface area contributed by atoms with Gasteiger partial charge in [-0.15, -0.1) is 0 Å². The quantitative estimate of drug-likeness (QED) is 0.803. The maximum Gasteiger partial charge on any atom is 0.280 e. The summed E-state index contributed by atoms with van der Waals surface area (Å²) in [5, 5.41) is 4.31. The Kier molecular flexibility index (Phi) is 3.80. The Morgan fingerprint density at radius 2 is 1.91 bits per heavy atom. The highest BCUT2D eigenvalue weighted by atomic mass is 16.2. The number of carbonyl (C=O) groups excluding carboxylic acids is 1. The van der Waals surface area contributed by atoms with E-state index in [4.69, 9.17) is 5.73 Å². The molecule has 6 nitrogen and oxygen atoms in total. The van der Waals surface area contributed by atoms with Gasteiger partial charge < -0.3 is 10.6 Å². The molecule has 1 aromatic carbocycles. The molecule has 3 rings (SSSR count). The molecule has 0 radical (unpaired) electrons. The number of anilines is 2. The summed E-state index contributed by atoms with van der Waals surface area (Å²) in [7, 11) is 3.89. The van der Waals surface area contributed by atoms with E-state index in [1.807, 2.05) is 43.3 Å². The molecule has 0 amide bonds. The van der Waals surface area contributed by atoms with Crippen LogP contribution in [0, 0.1) is 0 Å². The molecule has 0 aliphatic heterocycles. The number of pyridine rings is 1. The third kappa shape index (κ3) is 2.91. The summed E-state index contributed by atoms with van der Waals surface area (Å²) in [6.45, 7) is 0. The minimum absolute atomic E-state index is 0.261. The van der Waals surface area contributed by atoms with E-state index in [9.17, 15) is 4.79 Å². The average molecular weight is 307 g/mol. The predicted molar refractivity (Wildman–Crippen MR) is 90.4 cm³/mol. The third-order valence-electron chi connectivity index (χ3n) is 3.52. The van der Waals surface area contributed by atoms with Gasteiger partial charge in [0, 0.05) is 49.4 Å². The van der Waals surface area contributed by atoms with E-state index in [0.717, 1.165) is 11.3 Å². The summed E-state index contributed by atoms with van der Waals surface area (Å²) < 4.78 is 1.22. The first-order chi connectivity index (χ1) is 11.1. The van der Waals surface area contributed by atoms with Crippen molar-refractivity contribution in [3.63, 3.8) is 0 Å². The highest BCUT2D eigenvalue weighted by Crippen LogP contribution is 2.20. The smallest absolute Gasteiger partial charge is 0.280 e. The van der Waals surface area contributed by atoms with Gasteiger partial charge in [-0.3, -0.25) is 9.78 Å². The van der Waals surface area contributed by atoms with Gasteiger partial charge in [-0.1, -0.05) is 0 Å². The van der Waals surface area contributed by atoms with Crippen LogP contribution in [-0.4, -0.2) is 34.8 Å². The van der Waals surface area contributed by atoms with Crippen LogP contribution in [0.4, 0.5) is 11.5 Å². The number of hydrogen-bond acceptors (Lipinski definition) is 5. The van der Waals surface area contributed by atoms with Gasteiger partial charge >= 0.3 is 0 Å². The standard InChI is InChI=1S/C17H17N5O/c1-21(2)14-7-5-12(6-8-14)17(23)22-16(18)10-15(20-22)13-4-3-9-19-11-13/h3-11H,18H2,1-2H3. The van der Waals surface area contributed by atoms with E-state index in [-0.39, 0.29) is 5.91 Å². The largest absolute Gasteiger partial charge is 0.383 e. The van der Waals surface area contributed by atoms with Crippen LogP contribution in [0.15, 0.2) is 54.9 Å². The van der Waals surface area contributed by atoms with E-state index in [1.165, 1.54) is 4.68 Å². The zero-order chi connectivity index (χ0) is 16.4. The lowest BCUT2D eigenvalue weighted by atomic mass is 10.2. The van der Waals surface area contributed by atoms with Crippen LogP contribution in [0.25, 0.3) is 11.3 Å². The van der Waals surface area contributed by atoms with E-state index < -0.39 is 0 Å². The number of nitrogens with two attached hydrogens (primary N) is 1. The van der Waals surface area contributed by atoms with Crippen molar-refractivity contribution >= 4 is 17.4 Å². The third-order valence-corrected chi connectivity index (χ3v) is 3.52. The van der Waals surface area contributed by atoms with Crippen LogP contribution in [0.2, 0.25) is 0 Å². The van der Waals surface area contributed by atoms with Crippen molar-refractivity contribution in [2.75, 3.05) is 24.7 Å². The minimum atomic E-state index is -0.261. The molecule has 0 aliphatic carbocycles. The number of rotatable bonds is 3. The Morgan fingerprint density at radius 1 is 1.17 bits per heavy atom. The molecule has 0 fully saturated rings. The average Bonchev–Trinajstić information content (AvgIpc) is 2.97. The molecule has 0 saturated heterocycles. The summed E-state index contributed by atoms with van der Waals surface area (Å²) in [4.78, 5) is 18.6. The molecule has 3 aromatic rings. The maximum atomic E-state index is 12.6. The van der Waals surface area contributed by atoms with E-state index in [2.05, 4.69) is 10.1 Å². The number of hydrogen-bond donors (Lipinski definition) is 1. The molecule has 116 valence electrons. The van der Waals surface area contributed by atoms with Crippen molar-refractivity contribution in [1.82, 2.24) is 14.8 Å². The number of nitrogen functional groups attached to an aromatic ring is 1. The van der Waals surface area contributed by atoms with Crippen molar-refractivity contribution in [3.8, 4) is 11.3 Å². The van der Waals surface area contributed by atoms with Gasteiger partial charge in [0.1, 0.15) is 5.82 Å². The molecule has 2 N–H and O–H groups in total. The first-order valence-electron chi connectivity index (χ1n) is 7.14. The zero-order valence-electron chi connectivity index (χ0n) is 13.0. The van der Waals surface area contributed by atoms with Crippen LogP contribution in [0.5, 0.6) is 0 Å². The summed E-state index contributed by atoms with van der Waals surface area (Å²) in [6, 6.07) is 12.7. The topological polar surface area (TPSA) is 77.0 Å². The Bertz CT molecular complexity index is 822. The summed E-state index contributed by atoms with van der Waals surface area (Å²) in [5.74, 6) is 0.0356. The molecule has 6 heteroatoms. The molecule has 0 aliphatic rings. The van der Waals surface area contributed by atoms with Crippen molar-refractivity contribution in [3.05, 3.63) is 60.4 Å². The van der Waals surface area contributed by atoms with Gasteiger partial charge in [0.2, 0.25) is 0 Å². The van der Waals surface area contributed by atoms with Gasteiger partial charge in [-0.2, -0.15) is 9.78 Å². The Labute approximate surface area is 134 Å². The minimum Gasteiger partial charge on any atom is -0.383 e. The van der Waals surface area contributed by atoms with Crippen LogP contribution in [0.3, 0.4) is 0 Å². The molecule has 0 spiro atoms. The van der Waals surface area contributed by atoms with E-state index in [0.29, 0.717) is 17.1 Å². The molecule has 2 heterocycles. The molecule has 0 bridgehead atoms. The fourth-order valence-corrected chi connectivity index (χ4v) is 2.24. The molecular weight excluding hydrogens is 290 g/mol. The lowest BCUT2D eigenvalue weighted by Crippen LogP contribution is -2.16. The number of aromatic nitrogens is 3. The van der Waals surface area contributed by atoms with Crippen molar-refractivity contribution in [2.24, 2.45) is 0 Å². The fraction of sp³-hybridized carbons (Fsp3) is 0.118. The molecular formula is C17H17N5O. The van der Waals surface area contributed by atoms with Gasteiger partial charge in [-0.25, -0.2) is 0 Å². The maximum absolute atomic E-state index is 12.6. The Balaban J connectivity index is 1.92. The first-order valence-corrected chi connectivity index (χ1v) is 7.14. The van der Waals surface area contributed by atoms with Crippen LogP contribution >= 0.6 is 0 Å². The highest BCUT2D eigenvalue weighted by Gasteiger charge is 2.15. The number of carbonyl (C=O) groups is 1. The van der Waals surface area contributed by atoms with Crippen LogP contribution in [-0.2, 0) is 0 Å². The van der Waals surface area contributed by atoms with Crippen LogP contribution < -0.4 is 10.6 Å². The van der Waals surface area contributed by atoms with E-state index >= 15 is 0 Å². The monoisotopic (exact) mass is 307 g/mol. The van der Waals surface area contributed by atoms with Crippen LogP contribution in [0.1, 0.15) is 10.4 Å². The SMILES string of the molecule is CN(C)c1ccc(C(=O)n2nc(-c3cccnc3)cc2N)cc1. The second-order valence-electron chi connectivity index (χ2n) is 5.35. The van der Waals surface area contributed by atoms with Gasteiger partial charge in [0.15, 0.2) is 0 Å². The molecule has 23 heavy (non-hydrogen) atoms. The summed E-state index contributed by atoms with van der Waals surface area (Å²) in [5.41, 5.74) is 8.93. The van der Waals surface area contributed by atoms with Gasteiger partial charge in [0.25, 0.3) is 5.91 Å². The fourth-order valence-electron chi connectivity index (χ4n) is 2.24. The van der Waals surface area contributed by atoms with Gasteiger partial charge in [-0.05, 0) is 36.4 Å². The highest BCUT2D eigenvalue weighted by molar-refractivity contribution is 5.97. The lowest BCUT2D eigenvalue weighted by molar-refractivity contribution is 0.0948. The second-order valence-corrected chi connectivity index (χ2v) is 5.35. The number of benzene rings is 1. The second kappa shape index (κ2) is 5.92. The molecule has 2 aromatic heterocycles. The molecule has 0 atom stereocenters. The normalized spacial score (nSPS) is 10.5. The Morgan fingerprint density at radius 3 is 2.52 bits per heavy atom. The molecule has 0 unspecified atom stereocenters. The molecule has 0 saturated carbocycles. The Hall–Kier alpha value is -3.15. The first kappa shape index (κ1) is 14.8. The summed E-state index contributed by atoms with van der Waals surface area (Å²) in [6.07, 6.45) is 3.36. The van der Waals surface area contributed by atoms with Gasteiger partial charge in [0.05, 0.1) is 5.69 Å². The lowest BCUT2D eigenvalue weighted by Gasteiger charge is -2.12. The van der Waals surface area contributed by atoms with Crippen molar-refractivity contribution < 1.29 is 4.79 Å². The van der Waals surface area contributed by atoms with E-state index in [1.54, 1.807) is 30.6 Å². The summed E-state index contributed by atoms with van der Waals surface area (Å²) >= 11 is 0. The predicted octanol–water partition coefficient (Wildman–Crippen LogP) is 2.28. The number of nitrogens with zero attached hydrogens (tertiary/aromatic N) is 4. The zero-order valence-corrected chi connectivity index (χ0v) is 13.0. The van der Waals surface area contributed by atoms with Crippen molar-refractivity contribution in [2.45, 2.75) is 0 Å².